The van der Waals surface area contributed by atoms with Crippen molar-refractivity contribution in [2.75, 3.05) is 7.05 Å². The maximum atomic E-state index is 12.7. The lowest BCUT2D eigenvalue weighted by Gasteiger charge is -2.23. The zero-order valence-electron chi connectivity index (χ0n) is 12.9. The molecule has 0 aliphatic carbocycles. The number of aliphatic carboxylic acids is 1. The Kier molecular flexibility index (Phi) is 4.97. The Hall–Kier alpha value is -1.73. The molecule has 118 valence electrons. The van der Waals surface area contributed by atoms with Crippen LogP contribution in [0.4, 0.5) is 0 Å². The van der Waals surface area contributed by atoms with Crippen molar-refractivity contribution in [1.82, 2.24) is 9.88 Å². The molecule has 1 atom stereocenters. The van der Waals surface area contributed by atoms with Crippen LogP contribution in [0.5, 0.6) is 0 Å². The topological polar surface area (TPSA) is 70.5 Å². The highest BCUT2D eigenvalue weighted by Gasteiger charge is 2.31. The number of carboxylic acid groups (broad SMARTS) is 1. The molecule has 1 amide bonds. The standard InChI is InChI=1S/C15H18N2O3S2/c1-8(2)13-16-9(3)12(22-13)14(18)17(4)11(15(19)20)10-6-5-7-21-10/h5-8,11H,1-4H3,(H,19,20). The number of aromatic nitrogens is 1. The van der Waals surface area contributed by atoms with Gasteiger partial charge >= 0.3 is 5.97 Å². The van der Waals surface area contributed by atoms with Crippen LogP contribution < -0.4 is 0 Å². The number of thiophene rings is 1. The van der Waals surface area contributed by atoms with Gasteiger partial charge in [0, 0.05) is 17.8 Å². The van der Waals surface area contributed by atoms with E-state index in [-0.39, 0.29) is 11.8 Å². The van der Waals surface area contributed by atoms with Crippen LogP contribution in [0.1, 0.15) is 51.1 Å². The second-order valence-electron chi connectivity index (χ2n) is 5.29. The number of hydrogen-bond donors (Lipinski definition) is 1. The smallest absolute Gasteiger partial charge is 0.331 e. The largest absolute Gasteiger partial charge is 0.479 e. The van der Waals surface area contributed by atoms with Gasteiger partial charge in [-0.3, -0.25) is 4.79 Å². The minimum Gasteiger partial charge on any atom is -0.479 e. The maximum absolute atomic E-state index is 12.7. The lowest BCUT2D eigenvalue weighted by Crippen LogP contribution is -2.35. The third-order valence-electron chi connectivity index (χ3n) is 3.26. The molecule has 0 radical (unpaired) electrons. The predicted molar refractivity (Wildman–Crippen MR) is 87.7 cm³/mol. The van der Waals surface area contributed by atoms with E-state index in [0.29, 0.717) is 15.4 Å². The van der Waals surface area contributed by atoms with Crippen molar-refractivity contribution < 1.29 is 14.7 Å². The minimum atomic E-state index is -1.04. The summed E-state index contributed by atoms with van der Waals surface area (Å²) in [7, 11) is 1.52. The number of likely N-dealkylation sites (N-methyl/N-ethyl adjacent to an activating group) is 1. The number of carbonyl (C=O) groups is 2. The molecule has 0 saturated heterocycles. The second kappa shape index (κ2) is 6.58. The molecule has 5 nitrogen and oxygen atoms in total. The highest BCUT2D eigenvalue weighted by atomic mass is 32.1. The molecule has 7 heteroatoms. The molecule has 2 rings (SSSR count). The average molecular weight is 338 g/mol. The van der Waals surface area contributed by atoms with Crippen molar-refractivity contribution in [2.45, 2.75) is 32.7 Å². The van der Waals surface area contributed by atoms with E-state index < -0.39 is 12.0 Å². The fraction of sp³-hybridized carbons (Fsp3) is 0.400. The van der Waals surface area contributed by atoms with Crippen LogP contribution in [0.15, 0.2) is 17.5 Å². The van der Waals surface area contributed by atoms with Gasteiger partial charge in [0.1, 0.15) is 4.88 Å². The first-order valence-corrected chi connectivity index (χ1v) is 8.53. The summed E-state index contributed by atoms with van der Waals surface area (Å²) in [5.74, 6) is -1.10. The molecule has 0 bridgehead atoms. The Bertz CT molecular complexity index is 677. The van der Waals surface area contributed by atoms with Crippen LogP contribution in [-0.4, -0.2) is 33.9 Å². The van der Waals surface area contributed by atoms with Gasteiger partial charge in [0.15, 0.2) is 6.04 Å². The van der Waals surface area contributed by atoms with Crippen molar-refractivity contribution in [1.29, 1.82) is 0 Å². The zero-order valence-corrected chi connectivity index (χ0v) is 14.5. The fourth-order valence-electron chi connectivity index (χ4n) is 2.07. The molecule has 2 aromatic heterocycles. The Balaban J connectivity index is 2.33. The number of rotatable bonds is 5. The molecule has 1 unspecified atom stereocenters. The molecule has 0 aliphatic heterocycles. The van der Waals surface area contributed by atoms with E-state index in [0.717, 1.165) is 5.01 Å². The molecule has 0 aliphatic rings. The molecular formula is C15H18N2O3S2. The summed E-state index contributed by atoms with van der Waals surface area (Å²) in [4.78, 5) is 31.1. The van der Waals surface area contributed by atoms with Gasteiger partial charge in [-0.2, -0.15) is 0 Å². The van der Waals surface area contributed by atoms with Crippen molar-refractivity contribution in [3.63, 3.8) is 0 Å². The third kappa shape index (κ3) is 3.20. The minimum absolute atomic E-state index is 0.239. The number of amides is 1. The van der Waals surface area contributed by atoms with E-state index in [9.17, 15) is 14.7 Å². The van der Waals surface area contributed by atoms with Gasteiger partial charge in [-0.25, -0.2) is 9.78 Å². The van der Waals surface area contributed by atoms with Gasteiger partial charge in [0.2, 0.25) is 0 Å². The van der Waals surface area contributed by atoms with Crippen LogP contribution in [-0.2, 0) is 4.79 Å². The highest BCUT2D eigenvalue weighted by molar-refractivity contribution is 7.14. The number of thiazole rings is 1. The van der Waals surface area contributed by atoms with Gasteiger partial charge in [-0.15, -0.1) is 22.7 Å². The summed E-state index contributed by atoms with van der Waals surface area (Å²) in [6, 6.07) is 2.53. The predicted octanol–water partition coefficient (Wildman–Crippen LogP) is 3.53. The number of carbonyl (C=O) groups excluding carboxylic acids is 1. The molecule has 1 N–H and O–H groups in total. The summed E-state index contributed by atoms with van der Waals surface area (Å²) in [6.45, 7) is 5.81. The quantitative estimate of drug-likeness (QED) is 0.905. The Morgan fingerprint density at radius 2 is 2.05 bits per heavy atom. The molecule has 2 aromatic rings. The van der Waals surface area contributed by atoms with Gasteiger partial charge in [-0.05, 0) is 18.4 Å². The van der Waals surface area contributed by atoms with E-state index in [1.54, 1.807) is 24.4 Å². The fourth-order valence-corrected chi connectivity index (χ4v) is 3.98. The zero-order chi connectivity index (χ0) is 16.4. The number of carboxylic acids is 1. The summed E-state index contributed by atoms with van der Waals surface area (Å²) < 4.78 is 0. The monoisotopic (exact) mass is 338 g/mol. The van der Waals surface area contributed by atoms with Gasteiger partial charge in [0.05, 0.1) is 10.7 Å². The molecular weight excluding hydrogens is 320 g/mol. The molecule has 0 saturated carbocycles. The summed E-state index contributed by atoms with van der Waals surface area (Å²) >= 11 is 2.67. The molecule has 0 spiro atoms. The molecule has 0 aromatic carbocycles. The molecule has 0 fully saturated rings. The second-order valence-corrected chi connectivity index (χ2v) is 7.30. The van der Waals surface area contributed by atoms with Crippen molar-refractivity contribution in [3.05, 3.63) is 38.0 Å². The first kappa shape index (κ1) is 16.6. The van der Waals surface area contributed by atoms with Crippen molar-refractivity contribution in [3.8, 4) is 0 Å². The molecule has 22 heavy (non-hydrogen) atoms. The summed E-state index contributed by atoms with van der Waals surface area (Å²) in [5, 5.41) is 12.2. The van der Waals surface area contributed by atoms with Crippen molar-refractivity contribution >= 4 is 34.6 Å². The van der Waals surface area contributed by atoms with Gasteiger partial charge in [-0.1, -0.05) is 19.9 Å². The highest BCUT2D eigenvalue weighted by Crippen LogP contribution is 2.30. The van der Waals surface area contributed by atoms with E-state index in [2.05, 4.69) is 4.98 Å². The first-order valence-electron chi connectivity index (χ1n) is 6.83. The lowest BCUT2D eigenvalue weighted by atomic mass is 10.2. The Morgan fingerprint density at radius 1 is 1.36 bits per heavy atom. The van der Waals surface area contributed by atoms with Crippen LogP contribution in [0.2, 0.25) is 0 Å². The van der Waals surface area contributed by atoms with Crippen LogP contribution in [0.25, 0.3) is 0 Å². The van der Waals surface area contributed by atoms with E-state index in [4.69, 9.17) is 0 Å². The maximum Gasteiger partial charge on any atom is 0.331 e. The van der Waals surface area contributed by atoms with Gasteiger partial charge < -0.3 is 10.0 Å². The van der Waals surface area contributed by atoms with Crippen LogP contribution in [0.3, 0.4) is 0 Å². The molecule has 2 heterocycles. The van der Waals surface area contributed by atoms with Gasteiger partial charge in [0.25, 0.3) is 5.91 Å². The normalized spacial score (nSPS) is 12.4. The van der Waals surface area contributed by atoms with Crippen molar-refractivity contribution in [2.24, 2.45) is 0 Å². The SMILES string of the molecule is Cc1nc(C(C)C)sc1C(=O)N(C)C(C(=O)O)c1cccs1. The number of hydrogen-bond acceptors (Lipinski definition) is 5. The van der Waals surface area contributed by atoms with E-state index in [1.165, 1.54) is 34.6 Å². The summed E-state index contributed by atoms with van der Waals surface area (Å²) in [5.41, 5.74) is 0.654. The van der Waals surface area contributed by atoms with E-state index >= 15 is 0 Å². The van der Waals surface area contributed by atoms with Crippen LogP contribution in [0, 0.1) is 6.92 Å². The van der Waals surface area contributed by atoms with Crippen LogP contribution >= 0.6 is 22.7 Å². The van der Waals surface area contributed by atoms with E-state index in [1.807, 2.05) is 13.8 Å². The Labute approximate surface area is 137 Å². The number of aryl methyl sites for hydroxylation is 1. The average Bonchev–Trinajstić information content (AvgIpc) is 3.07. The lowest BCUT2D eigenvalue weighted by molar-refractivity contribution is -0.142. The Morgan fingerprint density at radius 3 is 2.50 bits per heavy atom. The summed E-state index contributed by atoms with van der Waals surface area (Å²) in [6.07, 6.45) is 0. The number of nitrogens with zero attached hydrogens (tertiary/aromatic N) is 2. The first-order chi connectivity index (χ1) is 10.3. The third-order valence-corrected chi connectivity index (χ3v) is 5.63.